The Morgan fingerprint density at radius 1 is 1.08 bits per heavy atom. The smallest absolute Gasteiger partial charge is 0.293 e. The number of benzene rings is 1. The zero-order valence-corrected chi connectivity index (χ0v) is 15.1. The maximum atomic E-state index is 12.4. The van der Waals surface area contributed by atoms with Crippen molar-refractivity contribution in [1.29, 1.82) is 0 Å². The summed E-state index contributed by atoms with van der Waals surface area (Å²) in [6, 6.07) is 11.6. The number of nitrogens with zero attached hydrogens (tertiary/aromatic N) is 1. The number of rotatable bonds is 5. The van der Waals surface area contributed by atoms with Gasteiger partial charge in [0, 0.05) is 9.75 Å². The van der Waals surface area contributed by atoms with Crippen LogP contribution in [0.25, 0.3) is 6.08 Å². The van der Waals surface area contributed by atoms with Gasteiger partial charge in [-0.3, -0.25) is 14.5 Å². The summed E-state index contributed by atoms with van der Waals surface area (Å²) in [4.78, 5) is 28.3. The van der Waals surface area contributed by atoms with Crippen LogP contribution in [0.2, 0.25) is 0 Å². The van der Waals surface area contributed by atoms with Gasteiger partial charge >= 0.3 is 0 Å². The van der Waals surface area contributed by atoms with Gasteiger partial charge in [0.1, 0.15) is 12.4 Å². The normalized spacial score (nSPS) is 16.2. The molecular weight excluding hydrogens is 342 g/mol. The lowest BCUT2D eigenvalue weighted by Gasteiger charge is -2.13. The third-order valence-corrected chi connectivity index (χ3v) is 5.37. The number of ether oxygens (including phenoxy) is 1. The molecule has 0 unspecified atom stereocenters. The van der Waals surface area contributed by atoms with E-state index in [0.29, 0.717) is 4.91 Å². The Bertz CT molecular complexity index is 793. The van der Waals surface area contributed by atoms with E-state index in [2.05, 4.69) is 0 Å². The lowest BCUT2D eigenvalue weighted by atomic mass is 10.2. The van der Waals surface area contributed by atoms with Gasteiger partial charge in [0.25, 0.3) is 11.1 Å². The Kier molecular flexibility index (Phi) is 5.06. The predicted molar refractivity (Wildman–Crippen MR) is 98.4 cm³/mol. The molecule has 3 rings (SSSR count). The van der Waals surface area contributed by atoms with Gasteiger partial charge < -0.3 is 4.74 Å². The molecule has 6 heteroatoms. The fraction of sp³-hybridized carbons (Fsp3) is 0.222. The second kappa shape index (κ2) is 7.23. The van der Waals surface area contributed by atoms with Gasteiger partial charge in [-0.25, -0.2) is 0 Å². The van der Waals surface area contributed by atoms with Crippen LogP contribution in [0.5, 0.6) is 5.75 Å². The molecule has 1 aliphatic rings. The maximum absolute atomic E-state index is 12.4. The van der Waals surface area contributed by atoms with Crippen LogP contribution < -0.4 is 4.74 Å². The number of hydrogen-bond acceptors (Lipinski definition) is 5. The average molecular weight is 359 g/mol. The van der Waals surface area contributed by atoms with Crippen molar-refractivity contribution >= 4 is 40.3 Å². The van der Waals surface area contributed by atoms with Gasteiger partial charge in [-0.1, -0.05) is 17.7 Å². The van der Waals surface area contributed by atoms with E-state index in [-0.39, 0.29) is 24.3 Å². The molecule has 1 aliphatic heterocycles. The molecule has 1 saturated heterocycles. The van der Waals surface area contributed by atoms with E-state index < -0.39 is 0 Å². The minimum atomic E-state index is -0.247. The molecule has 1 fully saturated rings. The van der Waals surface area contributed by atoms with Crippen molar-refractivity contribution in [1.82, 2.24) is 4.90 Å². The van der Waals surface area contributed by atoms with Crippen LogP contribution in [-0.2, 0) is 4.79 Å². The van der Waals surface area contributed by atoms with Crippen molar-refractivity contribution in [2.75, 3.05) is 13.2 Å². The highest BCUT2D eigenvalue weighted by Crippen LogP contribution is 2.33. The molecule has 2 aromatic rings. The lowest BCUT2D eigenvalue weighted by Crippen LogP contribution is -2.32. The third-order valence-electron chi connectivity index (χ3n) is 3.51. The summed E-state index contributed by atoms with van der Waals surface area (Å²) in [7, 11) is 0. The van der Waals surface area contributed by atoms with Crippen molar-refractivity contribution < 1.29 is 14.3 Å². The van der Waals surface area contributed by atoms with Gasteiger partial charge in [-0.2, -0.15) is 0 Å². The zero-order chi connectivity index (χ0) is 17.1. The Morgan fingerprint density at radius 3 is 2.50 bits per heavy atom. The van der Waals surface area contributed by atoms with Crippen molar-refractivity contribution in [2.24, 2.45) is 0 Å². The van der Waals surface area contributed by atoms with E-state index in [4.69, 9.17) is 4.74 Å². The molecule has 2 amide bonds. The van der Waals surface area contributed by atoms with E-state index in [1.54, 1.807) is 17.4 Å². The first-order chi connectivity index (χ1) is 11.5. The van der Waals surface area contributed by atoms with E-state index in [0.717, 1.165) is 28.0 Å². The van der Waals surface area contributed by atoms with E-state index in [1.807, 2.05) is 50.2 Å². The number of aryl methyl sites for hydroxylation is 2. The number of amides is 2. The third kappa shape index (κ3) is 3.88. The molecule has 0 spiro atoms. The van der Waals surface area contributed by atoms with Gasteiger partial charge in [0.15, 0.2) is 0 Å². The van der Waals surface area contributed by atoms with Crippen LogP contribution in [0.4, 0.5) is 4.79 Å². The topological polar surface area (TPSA) is 46.6 Å². The second-order valence-electron chi connectivity index (χ2n) is 5.44. The first kappa shape index (κ1) is 16.8. The molecule has 2 heterocycles. The minimum absolute atomic E-state index is 0.243. The summed E-state index contributed by atoms with van der Waals surface area (Å²) in [5, 5.41) is -0.243. The molecule has 0 atom stereocenters. The number of carbonyl (C=O) groups excluding carboxylic acids is 2. The second-order valence-corrected chi connectivity index (χ2v) is 7.76. The fourth-order valence-corrected chi connectivity index (χ4v) is 3.99. The highest BCUT2D eigenvalue weighted by molar-refractivity contribution is 8.18. The standard InChI is InChI=1S/C18H17NO3S2/c1-12-3-6-14(7-4-12)22-10-9-19-17(20)16(24-18(19)21)11-15-8-5-13(2)23-15/h3-8,11H,9-10H2,1-2H3/b16-11-. The maximum Gasteiger partial charge on any atom is 0.293 e. The summed E-state index contributed by atoms with van der Waals surface area (Å²) >= 11 is 2.58. The highest BCUT2D eigenvalue weighted by atomic mass is 32.2. The van der Waals surface area contributed by atoms with Crippen molar-refractivity contribution in [2.45, 2.75) is 13.8 Å². The molecule has 0 bridgehead atoms. The molecule has 0 aliphatic carbocycles. The highest BCUT2D eigenvalue weighted by Gasteiger charge is 2.34. The van der Waals surface area contributed by atoms with Gasteiger partial charge in [-0.05, 0) is 56.0 Å². The summed E-state index contributed by atoms with van der Waals surface area (Å²) in [6.07, 6.45) is 1.78. The van der Waals surface area contributed by atoms with Crippen molar-refractivity contribution in [3.8, 4) is 5.75 Å². The summed E-state index contributed by atoms with van der Waals surface area (Å²) in [5.41, 5.74) is 1.15. The Hall–Kier alpha value is -2.05. The first-order valence-corrected chi connectivity index (χ1v) is 9.17. The van der Waals surface area contributed by atoms with Crippen LogP contribution in [0.15, 0.2) is 41.3 Å². The fourth-order valence-electron chi connectivity index (χ4n) is 2.24. The zero-order valence-electron chi connectivity index (χ0n) is 13.4. The van der Waals surface area contributed by atoms with E-state index in [1.165, 1.54) is 9.78 Å². The predicted octanol–water partition coefficient (Wildman–Crippen LogP) is 4.48. The monoisotopic (exact) mass is 359 g/mol. The quantitative estimate of drug-likeness (QED) is 0.739. The van der Waals surface area contributed by atoms with Crippen LogP contribution in [0.3, 0.4) is 0 Å². The molecule has 124 valence electrons. The van der Waals surface area contributed by atoms with Crippen LogP contribution >= 0.6 is 23.1 Å². The Morgan fingerprint density at radius 2 is 1.83 bits per heavy atom. The van der Waals surface area contributed by atoms with Crippen LogP contribution in [-0.4, -0.2) is 29.2 Å². The van der Waals surface area contributed by atoms with Gasteiger partial charge in [0.2, 0.25) is 0 Å². The van der Waals surface area contributed by atoms with Crippen LogP contribution in [0, 0.1) is 13.8 Å². The SMILES string of the molecule is Cc1ccc(OCCN2C(=O)S/C(=C\c3ccc(C)s3)C2=O)cc1. The van der Waals surface area contributed by atoms with E-state index in [9.17, 15) is 9.59 Å². The molecule has 1 aromatic heterocycles. The Balaban J connectivity index is 1.60. The molecule has 0 saturated carbocycles. The Labute approximate surface area is 149 Å². The molecule has 1 aromatic carbocycles. The summed E-state index contributed by atoms with van der Waals surface area (Å²) in [5.74, 6) is 0.487. The van der Waals surface area contributed by atoms with Crippen LogP contribution in [0.1, 0.15) is 15.3 Å². The van der Waals surface area contributed by atoms with Gasteiger partial charge in [-0.15, -0.1) is 11.3 Å². The number of imide groups is 1. The molecule has 0 N–H and O–H groups in total. The summed E-state index contributed by atoms with van der Waals surface area (Å²) in [6.45, 7) is 4.55. The summed E-state index contributed by atoms with van der Waals surface area (Å²) < 4.78 is 5.60. The average Bonchev–Trinajstić information content (AvgIpc) is 3.07. The van der Waals surface area contributed by atoms with E-state index >= 15 is 0 Å². The van der Waals surface area contributed by atoms with Crippen molar-refractivity contribution in [3.05, 3.63) is 56.6 Å². The molecule has 0 radical (unpaired) electrons. The minimum Gasteiger partial charge on any atom is -0.492 e. The molecular formula is C18H17NO3S2. The first-order valence-electron chi connectivity index (χ1n) is 7.54. The number of hydrogen-bond donors (Lipinski definition) is 0. The largest absolute Gasteiger partial charge is 0.492 e. The molecule has 24 heavy (non-hydrogen) atoms. The molecule has 4 nitrogen and oxygen atoms in total. The van der Waals surface area contributed by atoms with Gasteiger partial charge in [0.05, 0.1) is 11.4 Å². The number of thioether (sulfide) groups is 1. The van der Waals surface area contributed by atoms with Crippen molar-refractivity contribution in [3.63, 3.8) is 0 Å². The lowest BCUT2D eigenvalue weighted by molar-refractivity contribution is -0.123. The number of carbonyl (C=O) groups is 2. The number of thiophene rings is 1.